The zero-order chi connectivity index (χ0) is 17.2. The Balaban J connectivity index is 1.44. The molecule has 0 radical (unpaired) electrons. The predicted molar refractivity (Wildman–Crippen MR) is 95.1 cm³/mol. The molecule has 0 bridgehead atoms. The van der Waals surface area contributed by atoms with Gasteiger partial charge in [0.1, 0.15) is 11.6 Å². The van der Waals surface area contributed by atoms with Crippen molar-refractivity contribution in [2.24, 2.45) is 0 Å². The number of carbonyl (C=O) groups is 1. The zero-order valence-electron chi connectivity index (χ0n) is 14.8. The molecule has 2 aromatic rings. The van der Waals surface area contributed by atoms with E-state index in [0.29, 0.717) is 0 Å². The number of benzene rings is 1. The van der Waals surface area contributed by atoms with E-state index in [1.807, 2.05) is 24.0 Å². The van der Waals surface area contributed by atoms with Gasteiger partial charge in [-0.05, 0) is 43.9 Å². The summed E-state index contributed by atoms with van der Waals surface area (Å²) in [6, 6.07) is 8.11. The van der Waals surface area contributed by atoms with Gasteiger partial charge in [-0.1, -0.05) is 12.1 Å². The van der Waals surface area contributed by atoms with Crippen LogP contribution in [0.5, 0.6) is 0 Å². The van der Waals surface area contributed by atoms with Gasteiger partial charge >= 0.3 is 0 Å². The number of carbonyl (C=O) groups excluding carboxylic acids is 1. The van der Waals surface area contributed by atoms with Crippen molar-refractivity contribution in [2.75, 3.05) is 19.6 Å². The Morgan fingerprint density at radius 3 is 2.76 bits per heavy atom. The van der Waals surface area contributed by atoms with E-state index in [9.17, 15) is 4.79 Å². The second-order valence-electron chi connectivity index (χ2n) is 7.08. The second-order valence-corrected chi connectivity index (χ2v) is 7.08. The number of hydrogen-bond acceptors (Lipinski definition) is 4. The Hall–Kier alpha value is -2.21. The van der Waals surface area contributed by atoms with Crippen molar-refractivity contribution in [3.8, 4) is 0 Å². The van der Waals surface area contributed by atoms with Crippen LogP contribution in [-0.2, 0) is 19.6 Å². The van der Waals surface area contributed by atoms with Gasteiger partial charge in [-0.3, -0.25) is 9.69 Å². The Kier molecular flexibility index (Phi) is 4.53. The number of aryl methyl sites for hydroxylation is 1. The third-order valence-corrected chi connectivity index (χ3v) is 5.24. The lowest BCUT2D eigenvalue weighted by Crippen LogP contribution is -2.36. The van der Waals surface area contributed by atoms with Crippen LogP contribution in [0.1, 0.15) is 46.8 Å². The van der Waals surface area contributed by atoms with Crippen molar-refractivity contribution < 1.29 is 4.79 Å². The van der Waals surface area contributed by atoms with E-state index in [1.54, 1.807) is 0 Å². The van der Waals surface area contributed by atoms with Crippen molar-refractivity contribution in [2.45, 2.75) is 45.8 Å². The summed E-state index contributed by atoms with van der Waals surface area (Å²) in [5.41, 5.74) is 2.00. The minimum absolute atomic E-state index is 0.176. The van der Waals surface area contributed by atoms with E-state index >= 15 is 0 Å². The quantitative estimate of drug-likeness (QED) is 0.860. The smallest absolute Gasteiger partial charge is 0.253 e. The minimum Gasteiger partial charge on any atom is -0.339 e. The molecule has 6 nitrogen and oxygen atoms in total. The average molecular weight is 339 g/mol. The van der Waals surface area contributed by atoms with Crippen LogP contribution in [0.15, 0.2) is 24.3 Å². The SMILES string of the molecule is Cc1nnc2n1CCN(Cc1cccc(C(=O)N3CCCCC3)c1)C2. The zero-order valence-corrected chi connectivity index (χ0v) is 14.8. The van der Waals surface area contributed by atoms with Crippen LogP contribution in [0.25, 0.3) is 0 Å². The van der Waals surface area contributed by atoms with E-state index < -0.39 is 0 Å². The predicted octanol–water partition coefficient (Wildman–Crippen LogP) is 2.23. The minimum atomic E-state index is 0.176. The standard InChI is InChI=1S/C19H25N5O/c1-15-20-21-18-14-22(10-11-24(15)18)13-16-6-5-7-17(12-16)19(25)23-8-3-2-4-9-23/h5-7,12H,2-4,8-11,13-14H2,1H3. The summed E-state index contributed by atoms with van der Waals surface area (Å²) < 4.78 is 2.19. The van der Waals surface area contributed by atoms with Crippen LogP contribution in [0.3, 0.4) is 0 Å². The second kappa shape index (κ2) is 6.96. The van der Waals surface area contributed by atoms with Crippen molar-refractivity contribution in [3.05, 3.63) is 47.0 Å². The summed E-state index contributed by atoms with van der Waals surface area (Å²) in [6.45, 7) is 7.35. The van der Waals surface area contributed by atoms with Gasteiger partial charge in [0.2, 0.25) is 0 Å². The summed E-state index contributed by atoms with van der Waals surface area (Å²) in [5.74, 6) is 2.20. The fourth-order valence-corrected chi connectivity index (χ4v) is 3.83. The maximum absolute atomic E-state index is 12.7. The molecule has 1 saturated heterocycles. The van der Waals surface area contributed by atoms with Gasteiger partial charge in [-0.25, -0.2) is 0 Å². The highest BCUT2D eigenvalue weighted by Crippen LogP contribution is 2.18. The number of hydrogen-bond donors (Lipinski definition) is 0. The Morgan fingerprint density at radius 1 is 1.08 bits per heavy atom. The third kappa shape index (κ3) is 3.44. The highest BCUT2D eigenvalue weighted by atomic mass is 16.2. The number of rotatable bonds is 3. The first kappa shape index (κ1) is 16.3. The van der Waals surface area contributed by atoms with Crippen molar-refractivity contribution in [1.29, 1.82) is 0 Å². The van der Waals surface area contributed by atoms with E-state index in [-0.39, 0.29) is 5.91 Å². The molecular weight excluding hydrogens is 314 g/mol. The van der Waals surface area contributed by atoms with E-state index in [0.717, 1.165) is 69.3 Å². The van der Waals surface area contributed by atoms with Gasteiger partial charge in [0, 0.05) is 38.3 Å². The first-order valence-corrected chi connectivity index (χ1v) is 9.20. The Labute approximate surface area is 148 Å². The van der Waals surface area contributed by atoms with Crippen LogP contribution >= 0.6 is 0 Å². The molecule has 0 saturated carbocycles. The van der Waals surface area contributed by atoms with Gasteiger partial charge in [0.15, 0.2) is 0 Å². The van der Waals surface area contributed by atoms with Gasteiger partial charge in [-0.2, -0.15) is 0 Å². The van der Waals surface area contributed by atoms with E-state index in [4.69, 9.17) is 0 Å². The summed E-state index contributed by atoms with van der Waals surface area (Å²) in [6.07, 6.45) is 3.49. The van der Waals surface area contributed by atoms with Gasteiger partial charge in [0.05, 0.1) is 6.54 Å². The summed E-state index contributed by atoms with van der Waals surface area (Å²) in [7, 11) is 0. The lowest BCUT2D eigenvalue weighted by Gasteiger charge is -2.28. The molecule has 1 aromatic heterocycles. The largest absolute Gasteiger partial charge is 0.339 e. The first-order chi connectivity index (χ1) is 12.2. The summed E-state index contributed by atoms with van der Waals surface area (Å²) >= 11 is 0. The monoisotopic (exact) mass is 339 g/mol. The molecule has 6 heteroatoms. The molecule has 132 valence electrons. The fraction of sp³-hybridized carbons (Fsp3) is 0.526. The van der Waals surface area contributed by atoms with Crippen molar-refractivity contribution >= 4 is 5.91 Å². The van der Waals surface area contributed by atoms with Crippen molar-refractivity contribution in [1.82, 2.24) is 24.6 Å². The summed E-state index contributed by atoms with van der Waals surface area (Å²) in [4.78, 5) is 17.1. The Bertz CT molecular complexity index is 763. The maximum Gasteiger partial charge on any atom is 0.253 e. The lowest BCUT2D eigenvalue weighted by atomic mass is 10.1. The summed E-state index contributed by atoms with van der Waals surface area (Å²) in [5, 5.41) is 8.43. The van der Waals surface area contributed by atoms with E-state index in [2.05, 4.69) is 31.8 Å². The number of likely N-dealkylation sites (tertiary alicyclic amines) is 1. The number of nitrogens with zero attached hydrogens (tertiary/aromatic N) is 5. The molecule has 0 N–H and O–H groups in total. The van der Waals surface area contributed by atoms with Crippen LogP contribution in [-0.4, -0.2) is 50.1 Å². The number of piperidine rings is 1. The van der Waals surface area contributed by atoms with E-state index in [1.165, 1.54) is 12.0 Å². The molecule has 4 rings (SSSR count). The molecule has 2 aliphatic heterocycles. The van der Waals surface area contributed by atoms with Gasteiger partial charge in [-0.15, -0.1) is 10.2 Å². The Morgan fingerprint density at radius 2 is 1.92 bits per heavy atom. The van der Waals surface area contributed by atoms with Crippen molar-refractivity contribution in [3.63, 3.8) is 0 Å². The molecule has 25 heavy (non-hydrogen) atoms. The van der Waals surface area contributed by atoms with Crippen LogP contribution in [0, 0.1) is 6.92 Å². The normalized spacial score (nSPS) is 18.2. The molecule has 0 atom stereocenters. The molecular formula is C19H25N5O. The van der Waals surface area contributed by atoms with Crippen LogP contribution in [0.4, 0.5) is 0 Å². The molecule has 1 fully saturated rings. The number of fused-ring (bicyclic) bond motifs is 1. The van der Waals surface area contributed by atoms with Crippen LogP contribution in [0.2, 0.25) is 0 Å². The first-order valence-electron chi connectivity index (χ1n) is 9.20. The van der Waals surface area contributed by atoms with Gasteiger partial charge in [0.25, 0.3) is 5.91 Å². The lowest BCUT2D eigenvalue weighted by molar-refractivity contribution is 0.0724. The number of amides is 1. The fourth-order valence-electron chi connectivity index (χ4n) is 3.83. The van der Waals surface area contributed by atoms with Gasteiger partial charge < -0.3 is 9.47 Å². The average Bonchev–Trinajstić information content (AvgIpc) is 3.02. The molecule has 3 heterocycles. The molecule has 1 aromatic carbocycles. The molecule has 0 aliphatic carbocycles. The highest BCUT2D eigenvalue weighted by Gasteiger charge is 2.21. The third-order valence-electron chi connectivity index (χ3n) is 5.24. The number of aromatic nitrogens is 3. The molecule has 0 spiro atoms. The van der Waals surface area contributed by atoms with Crippen LogP contribution < -0.4 is 0 Å². The molecule has 2 aliphatic rings. The maximum atomic E-state index is 12.7. The topological polar surface area (TPSA) is 54.3 Å². The molecule has 1 amide bonds. The highest BCUT2D eigenvalue weighted by molar-refractivity contribution is 5.94. The molecule has 0 unspecified atom stereocenters.